The molecule has 1 aliphatic heterocycles. The van der Waals surface area contributed by atoms with Gasteiger partial charge in [0.2, 0.25) is 5.91 Å². The SMILES string of the molecule is CCOc1cccn(CC(=O)N2CCNCC2)c1=O. The molecule has 1 saturated heterocycles. The van der Waals surface area contributed by atoms with Crippen LogP contribution in [0.4, 0.5) is 0 Å². The lowest BCUT2D eigenvalue weighted by Crippen LogP contribution is -2.48. The number of carbonyl (C=O) groups is 1. The third-order valence-electron chi connectivity index (χ3n) is 3.06. The number of rotatable bonds is 4. The first-order valence-corrected chi connectivity index (χ1v) is 6.53. The fourth-order valence-electron chi connectivity index (χ4n) is 2.06. The molecule has 0 bridgehead atoms. The summed E-state index contributed by atoms with van der Waals surface area (Å²) in [5.41, 5.74) is -0.257. The fourth-order valence-corrected chi connectivity index (χ4v) is 2.06. The van der Waals surface area contributed by atoms with Gasteiger partial charge in [0.15, 0.2) is 5.75 Å². The van der Waals surface area contributed by atoms with Crippen LogP contribution in [0.3, 0.4) is 0 Å². The van der Waals surface area contributed by atoms with Crippen molar-refractivity contribution in [2.75, 3.05) is 32.8 Å². The Bertz CT molecular complexity index is 492. The quantitative estimate of drug-likeness (QED) is 0.810. The van der Waals surface area contributed by atoms with Gasteiger partial charge in [-0.1, -0.05) is 0 Å². The first-order chi connectivity index (χ1) is 9.22. The lowest BCUT2D eigenvalue weighted by Gasteiger charge is -2.27. The molecule has 6 heteroatoms. The topological polar surface area (TPSA) is 63.6 Å². The van der Waals surface area contributed by atoms with Crippen LogP contribution in [0, 0.1) is 0 Å². The molecule has 0 saturated carbocycles. The molecule has 104 valence electrons. The van der Waals surface area contributed by atoms with Crippen molar-refractivity contribution in [2.24, 2.45) is 0 Å². The summed E-state index contributed by atoms with van der Waals surface area (Å²) in [4.78, 5) is 25.9. The van der Waals surface area contributed by atoms with Crippen LogP contribution in [-0.4, -0.2) is 48.2 Å². The van der Waals surface area contributed by atoms with Crippen LogP contribution in [0.1, 0.15) is 6.92 Å². The number of hydrogen-bond donors (Lipinski definition) is 1. The molecule has 1 fully saturated rings. The number of pyridine rings is 1. The highest BCUT2D eigenvalue weighted by atomic mass is 16.5. The molecule has 1 N–H and O–H groups in total. The number of amides is 1. The number of nitrogens with one attached hydrogen (secondary N) is 1. The van der Waals surface area contributed by atoms with E-state index in [1.165, 1.54) is 4.57 Å². The predicted octanol–water partition coefficient (Wildman–Crippen LogP) is -0.321. The minimum Gasteiger partial charge on any atom is -0.488 e. The van der Waals surface area contributed by atoms with Gasteiger partial charge in [-0.3, -0.25) is 9.59 Å². The summed E-state index contributed by atoms with van der Waals surface area (Å²) in [5, 5.41) is 3.19. The third kappa shape index (κ3) is 3.35. The van der Waals surface area contributed by atoms with E-state index in [9.17, 15) is 9.59 Å². The van der Waals surface area contributed by atoms with E-state index >= 15 is 0 Å². The number of aromatic nitrogens is 1. The maximum absolute atomic E-state index is 12.1. The lowest BCUT2D eigenvalue weighted by molar-refractivity contribution is -0.132. The Hall–Kier alpha value is -1.82. The summed E-state index contributed by atoms with van der Waals surface area (Å²) in [5.74, 6) is 0.260. The molecule has 1 amide bonds. The molecule has 6 nitrogen and oxygen atoms in total. The Morgan fingerprint density at radius 1 is 1.42 bits per heavy atom. The largest absolute Gasteiger partial charge is 0.488 e. The number of nitrogens with zero attached hydrogens (tertiary/aromatic N) is 2. The molecule has 1 aliphatic rings. The molecule has 1 aromatic heterocycles. The van der Waals surface area contributed by atoms with Crippen LogP contribution in [0.25, 0.3) is 0 Å². The fraction of sp³-hybridized carbons (Fsp3) is 0.538. The Kier molecular flexibility index (Phi) is 4.57. The first kappa shape index (κ1) is 13.6. The maximum Gasteiger partial charge on any atom is 0.293 e. The second-order valence-electron chi connectivity index (χ2n) is 4.37. The van der Waals surface area contributed by atoms with Crippen molar-refractivity contribution in [3.63, 3.8) is 0 Å². The standard InChI is InChI=1S/C13H19N3O3/c1-2-19-11-4-3-7-16(13(11)18)10-12(17)15-8-5-14-6-9-15/h3-4,7,14H,2,5-6,8-10H2,1H3. The van der Waals surface area contributed by atoms with E-state index in [2.05, 4.69) is 5.32 Å². The van der Waals surface area contributed by atoms with Crippen molar-refractivity contribution < 1.29 is 9.53 Å². The van der Waals surface area contributed by atoms with E-state index in [4.69, 9.17) is 4.74 Å². The average Bonchev–Trinajstić information content (AvgIpc) is 2.44. The van der Waals surface area contributed by atoms with Gasteiger partial charge in [-0.25, -0.2) is 0 Å². The van der Waals surface area contributed by atoms with Crippen LogP contribution >= 0.6 is 0 Å². The molecule has 2 heterocycles. The number of ether oxygens (including phenoxy) is 1. The lowest BCUT2D eigenvalue weighted by atomic mass is 10.3. The normalized spacial score (nSPS) is 15.3. The van der Waals surface area contributed by atoms with Crippen molar-refractivity contribution >= 4 is 5.91 Å². The highest BCUT2D eigenvalue weighted by molar-refractivity contribution is 5.76. The van der Waals surface area contributed by atoms with Crippen LogP contribution < -0.4 is 15.6 Å². The van der Waals surface area contributed by atoms with Crippen LogP contribution in [0.2, 0.25) is 0 Å². The van der Waals surface area contributed by atoms with Crippen molar-refractivity contribution in [2.45, 2.75) is 13.5 Å². The first-order valence-electron chi connectivity index (χ1n) is 6.53. The predicted molar refractivity (Wildman–Crippen MR) is 71.3 cm³/mol. The van der Waals surface area contributed by atoms with Gasteiger partial charge in [0.1, 0.15) is 6.54 Å². The number of hydrogen-bond acceptors (Lipinski definition) is 4. The zero-order valence-corrected chi connectivity index (χ0v) is 11.1. The summed E-state index contributed by atoms with van der Waals surface area (Å²) in [6.07, 6.45) is 1.62. The molecule has 1 aromatic rings. The second kappa shape index (κ2) is 6.38. The molecule has 0 spiro atoms. The number of piperazine rings is 1. The van der Waals surface area contributed by atoms with Crippen LogP contribution in [0.5, 0.6) is 5.75 Å². The van der Waals surface area contributed by atoms with Gasteiger partial charge in [-0.15, -0.1) is 0 Å². The smallest absolute Gasteiger partial charge is 0.293 e. The molecule has 0 aliphatic carbocycles. The maximum atomic E-state index is 12.1. The Balaban J connectivity index is 2.08. The highest BCUT2D eigenvalue weighted by Crippen LogP contribution is 2.02. The zero-order chi connectivity index (χ0) is 13.7. The van der Waals surface area contributed by atoms with E-state index < -0.39 is 0 Å². The molecular formula is C13H19N3O3. The van der Waals surface area contributed by atoms with E-state index in [-0.39, 0.29) is 23.8 Å². The minimum atomic E-state index is -0.257. The van der Waals surface area contributed by atoms with Crippen molar-refractivity contribution in [3.05, 3.63) is 28.7 Å². The van der Waals surface area contributed by atoms with Gasteiger partial charge in [0, 0.05) is 32.4 Å². The molecule has 19 heavy (non-hydrogen) atoms. The van der Waals surface area contributed by atoms with Gasteiger partial charge < -0.3 is 19.5 Å². The second-order valence-corrected chi connectivity index (χ2v) is 4.37. The molecule has 0 unspecified atom stereocenters. The van der Waals surface area contributed by atoms with Gasteiger partial charge in [-0.2, -0.15) is 0 Å². The van der Waals surface area contributed by atoms with Crippen molar-refractivity contribution in [3.8, 4) is 5.75 Å². The Morgan fingerprint density at radius 2 is 2.16 bits per heavy atom. The summed E-state index contributed by atoms with van der Waals surface area (Å²) in [7, 11) is 0. The summed E-state index contributed by atoms with van der Waals surface area (Å²) in [6, 6.07) is 3.34. The molecule has 0 aromatic carbocycles. The molecule has 0 radical (unpaired) electrons. The van der Waals surface area contributed by atoms with E-state index in [0.29, 0.717) is 19.7 Å². The molecule has 2 rings (SSSR count). The van der Waals surface area contributed by atoms with Crippen LogP contribution in [-0.2, 0) is 11.3 Å². The van der Waals surface area contributed by atoms with Crippen molar-refractivity contribution in [1.82, 2.24) is 14.8 Å². The van der Waals surface area contributed by atoms with E-state index in [0.717, 1.165) is 13.1 Å². The highest BCUT2D eigenvalue weighted by Gasteiger charge is 2.17. The molecular weight excluding hydrogens is 246 g/mol. The summed E-state index contributed by atoms with van der Waals surface area (Å²) < 4.78 is 6.63. The average molecular weight is 265 g/mol. The summed E-state index contributed by atoms with van der Waals surface area (Å²) in [6.45, 7) is 5.32. The Morgan fingerprint density at radius 3 is 2.84 bits per heavy atom. The molecule has 0 atom stereocenters. The monoisotopic (exact) mass is 265 g/mol. The van der Waals surface area contributed by atoms with Gasteiger partial charge >= 0.3 is 0 Å². The third-order valence-corrected chi connectivity index (χ3v) is 3.06. The minimum absolute atomic E-state index is 0.0303. The Labute approximate surface area is 112 Å². The summed E-state index contributed by atoms with van der Waals surface area (Å²) >= 11 is 0. The zero-order valence-electron chi connectivity index (χ0n) is 11.1. The van der Waals surface area contributed by atoms with Gasteiger partial charge in [0.25, 0.3) is 5.56 Å². The van der Waals surface area contributed by atoms with Crippen molar-refractivity contribution in [1.29, 1.82) is 0 Å². The number of carbonyl (C=O) groups excluding carboxylic acids is 1. The van der Waals surface area contributed by atoms with E-state index in [1.807, 2.05) is 6.92 Å². The van der Waals surface area contributed by atoms with Gasteiger partial charge in [0.05, 0.1) is 6.61 Å². The van der Waals surface area contributed by atoms with E-state index in [1.54, 1.807) is 23.2 Å². The van der Waals surface area contributed by atoms with Crippen LogP contribution in [0.15, 0.2) is 23.1 Å². The van der Waals surface area contributed by atoms with Gasteiger partial charge in [-0.05, 0) is 19.1 Å².